The summed E-state index contributed by atoms with van der Waals surface area (Å²) in [7, 11) is 3.66. The molecule has 0 atom stereocenters. The number of nitrogens with zero attached hydrogens (tertiary/aromatic N) is 3. The van der Waals surface area contributed by atoms with Gasteiger partial charge in [-0.15, -0.1) is 0 Å². The van der Waals surface area contributed by atoms with Crippen molar-refractivity contribution in [3.8, 4) is 0 Å². The second kappa shape index (κ2) is 5.26. The van der Waals surface area contributed by atoms with Gasteiger partial charge >= 0.3 is 6.18 Å². The summed E-state index contributed by atoms with van der Waals surface area (Å²) < 4.78 is 40.2. The van der Waals surface area contributed by atoms with Gasteiger partial charge in [0.2, 0.25) is 5.89 Å². The van der Waals surface area contributed by atoms with E-state index in [9.17, 15) is 13.2 Å². The molecule has 0 aliphatic heterocycles. The first-order valence-corrected chi connectivity index (χ1v) is 4.60. The Morgan fingerprint density at radius 2 is 2.06 bits per heavy atom. The number of nitrogens with one attached hydrogen (secondary N) is 1. The summed E-state index contributed by atoms with van der Waals surface area (Å²) in [5.41, 5.74) is 0. The van der Waals surface area contributed by atoms with E-state index in [-0.39, 0.29) is 12.4 Å². The SMILES string of the molecule is CN(C)Cc1noc(CNCC(F)(F)F)n1. The molecule has 8 heteroatoms. The van der Waals surface area contributed by atoms with Gasteiger partial charge in [-0.1, -0.05) is 5.16 Å². The van der Waals surface area contributed by atoms with E-state index in [0.29, 0.717) is 12.4 Å². The number of hydrogen-bond donors (Lipinski definition) is 1. The van der Waals surface area contributed by atoms with Crippen molar-refractivity contribution in [2.45, 2.75) is 19.3 Å². The molecule has 1 rings (SSSR count). The molecule has 0 amide bonds. The first kappa shape index (κ1) is 12.9. The van der Waals surface area contributed by atoms with E-state index in [4.69, 9.17) is 4.52 Å². The van der Waals surface area contributed by atoms with Gasteiger partial charge in [-0.25, -0.2) is 0 Å². The molecular weight excluding hydrogens is 225 g/mol. The average molecular weight is 238 g/mol. The third-order valence-electron chi connectivity index (χ3n) is 1.57. The Morgan fingerprint density at radius 1 is 1.38 bits per heavy atom. The van der Waals surface area contributed by atoms with Crippen LogP contribution < -0.4 is 5.32 Å². The minimum Gasteiger partial charge on any atom is -0.338 e. The zero-order valence-electron chi connectivity index (χ0n) is 9.01. The van der Waals surface area contributed by atoms with Crippen LogP contribution in [0.4, 0.5) is 13.2 Å². The maximum absolute atomic E-state index is 11.8. The number of aromatic nitrogens is 2. The monoisotopic (exact) mass is 238 g/mol. The van der Waals surface area contributed by atoms with Gasteiger partial charge in [-0.05, 0) is 14.1 Å². The van der Waals surface area contributed by atoms with Crippen molar-refractivity contribution in [3.05, 3.63) is 11.7 Å². The Kier molecular flexibility index (Phi) is 4.25. The quantitative estimate of drug-likeness (QED) is 0.821. The molecule has 0 saturated carbocycles. The molecular formula is C8H13F3N4O. The van der Waals surface area contributed by atoms with Crippen LogP contribution in [0, 0.1) is 0 Å². The average Bonchev–Trinajstić information content (AvgIpc) is 2.49. The molecule has 0 unspecified atom stereocenters. The maximum Gasteiger partial charge on any atom is 0.401 e. The summed E-state index contributed by atoms with van der Waals surface area (Å²) in [6.45, 7) is -0.666. The molecule has 0 aliphatic carbocycles. The molecule has 0 bridgehead atoms. The molecule has 1 aromatic rings. The second-order valence-corrected chi connectivity index (χ2v) is 3.56. The molecule has 0 saturated heterocycles. The fourth-order valence-corrected chi connectivity index (χ4v) is 1.02. The van der Waals surface area contributed by atoms with Crippen molar-refractivity contribution >= 4 is 0 Å². The molecule has 0 fully saturated rings. The van der Waals surface area contributed by atoms with Gasteiger partial charge < -0.3 is 14.7 Å². The lowest BCUT2D eigenvalue weighted by Gasteiger charge is -2.05. The Balaban J connectivity index is 2.35. The Hall–Kier alpha value is -1.15. The number of rotatable bonds is 5. The molecule has 5 nitrogen and oxygen atoms in total. The third kappa shape index (κ3) is 5.08. The topological polar surface area (TPSA) is 54.2 Å². The van der Waals surface area contributed by atoms with Crippen LogP contribution in [0.3, 0.4) is 0 Å². The molecule has 0 radical (unpaired) electrons. The van der Waals surface area contributed by atoms with Gasteiger partial charge in [0.15, 0.2) is 5.82 Å². The molecule has 1 N–H and O–H groups in total. The lowest BCUT2D eigenvalue weighted by atomic mass is 10.5. The number of alkyl halides is 3. The lowest BCUT2D eigenvalue weighted by molar-refractivity contribution is -0.125. The smallest absolute Gasteiger partial charge is 0.338 e. The van der Waals surface area contributed by atoms with Crippen LogP contribution in [-0.4, -0.2) is 41.9 Å². The highest BCUT2D eigenvalue weighted by molar-refractivity contribution is 4.85. The summed E-state index contributed by atoms with van der Waals surface area (Å²) in [6.07, 6.45) is -4.23. The van der Waals surface area contributed by atoms with Crippen LogP contribution in [0.25, 0.3) is 0 Å². The van der Waals surface area contributed by atoms with Crippen LogP contribution in [0.5, 0.6) is 0 Å². The Morgan fingerprint density at radius 3 is 2.62 bits per heavy atom. The number of halogens is 3. The highest BCUT2D eigenvalue weighted by Gasteiger charge is 2.26. The molecule has 0 aliphatic rings. The summed E-state index contributed by atoms with van der Waals surface area (Å²) >= 11 is 0. The minimum atomic E-state index is -4.23. The van der Waals surface area contributed by atoms with Crippen molar-refractivity contribution in [1.29, 1.82) is 0 Å². The van der Waals surface area contributed by atoms with Gasteiger partial charge in [0.05, 0.1) is 19.6 Å². The van der Waals surface area contributed by atoms with Crippen LogP contribution in [-0.2, 0) is 13.1 Å². The molecule has 1 aromatic heterocycles. The summed E-state index contributed by atoms with van der Waals surface area (Å²) in [5, 5.41) is 5.80. The van der Waals surface area contributed by atoms with Gasteiger partial charge in [-0.2, -0.15) is 18.2 Å². The number of hydrogen-bond acceptors (Lipinski definition) is 5. The summed E-state index contributed by atoms with van der Waals surface area (Å²) in [4.78, 5) is 5.75. The highest BCUT2D eigenvalue weighted by atomic mass is 19.4. The van der Waals surface area contributed by atoms with E-state index >= 15 is 0 Å². The van der Waals surface area contributed by atoms with Crippen molar-refractivity contribution in [2.24, 2.45) is 0 Å². The van der Waals surface area contributed by atoms with E-state index in [2.05, 4.69) is 15.5 Å². The van der Waals surface area contributed by atoms with Gasteiger partial charge in [0.25, 0.3) is 0 Å². The molecule has 0 spiro atoms. The van der Waals surface area contributed by atoms with Gasteiger partial charge in [0, 0.05) is 0 Å². The summed E-state index contributed by atoms with van der Waals surface area (Å²) in [5.74, 6) is 0.606. The second-order valence-electron chi connectivity index (χ2n) is 3.56. The zero-order valence-corrected chi connectivity index (χ0v) is 9.01. The highest BCUT2D eigenvalue weighted by Crippen LogP contribution is 2.12. The van der Waals surface area contributed by atoms with Crippen LogP contribution >= 0.6 is 0 Å². The molecule has 1 heterocycles. The molecule has 92 valence electrons. The lowest BCUT2D eigenvalue weighted by Crippen LogP contribution is -2.28. The van der Waals surface area contributed by atoms with Gasteiger partial charge in [0.1, 0.15) is 0 Å². The van der Waals surface area contributed by atoms with Crippen molar-refractivity contribution in [2.75, 3.05) is 20.6 Å². The van der Waals surface area contributed by atoms with Crippen LogP contribution in [0.2, 0.25) is 0 Å². The molecule has 0 aromatic carbocycles. The van der Waals surface area contributed by atoms with E-state index in [1.807, 2.05) is 19.0 Å². The Labute approximate surface area is 90.6 Å². The maximum atomic E-state index is 11.8. The normalized spacial score (nSPS) is 12.4. The minimum absolute atomic E-state index is 0.0834. The van der Waals surface area contributed by atoms with Crippen LogP contribution in [0.15, 0.2) is 4.52 Å². The predicted molar refractivity (Wildman–Crippen MR) is 49.5 cm³/mol. The Bertz CT molecular complexity index is 323. The molecule has 16 heavy (non-hydrogen) atoms. The van der Waals surface area contributed by atoms with Gasteiger partial charge in [-0.3, -0.25) is 0 Å². The largest absolute Gasteiger partial charge is 0.401 e. The van der Waals surface area contributed by atoms with E-state index in [1.54, 1.807) is 0 Å². The zero-order chi connectivity index (χ0) is 12.2. The van der Waals surface area contributed by atoms with Crippen molar-refractivity contribution in [3.63, 3.8) is 0 Å². The first-order valence-electron chi connectivity index (χ1n) is 4.60. The predicted octanol–water partition coefficient (Wildman–Crippen LogP) is 0.783. The standard InChI is InChI=1S/C8H13F3N4O/c1-15(2)4-6-13-7(16-14-6)3-12-5-8(9,10)11/h12H,3-5H2,1-2H3. The fourth-order valence-electron chi connectivity index (χ4n) is 1.02. The first-order chi connectivity index (χ1) is 7.37. The summed E-state index contributed by atoms with van der Waals surface area (Å²) in [6, 6.07) is 0. The fraction of sp³-hybridized carbons (Fsp3) is 0.750. The third-order valence-corrected chi connectivity index (χ3v) is 1.57. The van der Waals surface area contributed by atoms with Crippen molar-refractivity contribution in [1.82, 2.24) is 20.4 Å². The van der Waals surface area contributed by atoms with E-state index in [1.165, 1.54) is 0 Å². The van der Waals surface area contributed by atoms with E-state index in [0.717, 1.165) is 0 Å². The van der Waals surface area contributed by atoms with E-state index < -0.39 is 12.7 Å². The van der Waals surface area contributed by atoms with Crippen LogP contribution in [0.1, 0.15) is 11.7 Å². The van der Waals surface area contributed by atoms with Crippen molar-refractivity contribution < 1.29 is 17.7 Å².